The molecule has 4 nitrogen and oxygen atoms in total. The lowest BCUT2D eigenvalue weighted by atomic mass is 9.93. The van der Waals surface area contributed by atoms with Crippen molar-refractivity contribution in [2.24, 2.45) is 5.92 Å². The van der Waals surface area contributed by atoms with Crippen LogP contribution in [0.5, 0.6) is 0 Å². The Hall–Kier alpha value is -0.160. The average Bonchev–Trinajstić information content (AvgIpc) is 3.35. The smallest absolute Gasteiger partial charge is 0.285 e. The average molecular weight is 333 g/mol. The van der Waals surface area contributed by atoms with Crippen molar-refractivity contribution in [3.63, 3.8) is 0 Å². The summed E-state index contributed by atoms with van der Waals surface area (Å²) in [7, 11) is 4.99. The minimum absolute atomic E-state index is 0.309. The summed E-state index contributed by atoms with van der Waals surface area (Å²) >= 11 is 0. The van der Waals surface area contributed by atoms with Gasteiger partial charge in [0.25, 0.3) is 5.97 Å². The lowest BCUT2D eigenvalue weighted by Gasteiger charge is -2.36. The van der Waals surface area contributed by atoms with E-state index in [-0.39, 0.29) is 0 Å². The monoisotopic (exact) mass is 332 g/mol. The van der Waals surface area contributed by atoms with Gasteiger partial charge >= 0.3 is 0 Å². The van der Waals surface area contributed by atoms with Gasteiger partial charge in [0.2, 0.25) is 0 Å². The summed E-state index contributed by atoms with van der Waals surface area (Å²) in [5.74, 6) is -0.553. The first-order valence-corrected chi connectivity index (χ1v) is 9.37. The third-order valence-corrected chi connectivity index (χ3v) is 4.40. The van der Waals surface area contributed by atoms with Crippen molar-refractivity contribution in [2.45, 2.75) is 90.6 Å². The predicted octanol–water partition coefficient (Wildman–Crippen LogP) is 5.15. The van der Waals surface area contributed by atoms with E-state index in [1.807, 2.05) is 0 Å². The zero-order valence-corrected chi connectivity index (χ0v) is 16.4. The fourth-order valence-corrected chi connectivity index (χ4v) is 2.86. The number of unbranched alkanes of at least 4 members (excludes halogenated alkanes) is 5. The van der Waals surface area contributed by atoms with Gasteiger partial charge in [0.15, 0.2) is 0 Å². The molecule has 1 heterocycles. The van der Waals surface area contributed by atoms with Gasteiger partial charge < -0.3 is 18.9 Å². The first-order chi connectivity index (χ1) is 11.1. The van der Waals surface area contributed by atoms with E-state index in [9.17, 15) is 0 Å². The molecule has 1 aliphatic rings. The van der Waals surface area contributed by atoms with E-state index in [1.165, 1.54) is 38.5 Å². The molecule has 1 fully saturated rings. The highest BCUT2D eigenvalue weighted by atomic mass is 16.9. The van der Waals surface area contributed by atoms with Gasteiger partial charge in [-0.3, -0.25) is 0 Å². The van der Waals surface area contributed by atoms with Gasteiger partial charge in [-0.15, -0.1) is 0 Å². The van der Waals surface area contributed by atoms with Crippen LogP contribution in [0.2, 0.25) is 0 Å². The molecule has 1 rings (SSSR count). The van der Waals surface area contributed by atoms with E-state index < -0.39 is 5.97 Å². The van der Waals surface area contributed by atoms with Crippen LogP contribution in [0, 0.1) is 5.92 Å². The minimum Gasteiger partial charge on any atom is -0.373 e. The van der Waals surface area contributed by atoms with Crippen molar-refractivity contribution < 1.29 is 18.9 Å². The Morgan fingerprint density at radius 2 is 1.35 bits per heavy atom. The third kappa shape index (κ3) is 10.3. The van der Waals surface area contributed by atoms with E-state index in [4.69, 9.17) is 18.9 Å². The molecule has 0 aliphatic carbocycles. The third-order valence-electron chi connectivity index (χ3n) is 4.40. The van der Waals surface area contributed by atoms with Crippen LogP contribution in [0.15, 0.2) is 0 Å². The minimum atomic E-state index is -0.862. The molecule has 0 N–H and O–H groups in total. The van der Waals surface area contributed by atoms with Crippen LogP contribution in [-0.4, -0.2) is 40.0 Å². The van der Waals surface area contributed by atoms with Crippen LogP contribution in [0.25, 0.3) is 0 Å². The number of epoxide rings is 1. The summed E-state index contributed by atoms with van der Waals surface area (Å²) in [5, 5.41) is 0. The van der Waals surface area contributed by atoms with Crippen molar-refractivity contribution in [1.29, 1.82) is 0 Å². The van der Waals surface area contributed by atoms with E-state index in [1.54, 1.807) is 21.3 Å². The summed E-state index contributed by atoms with van der Waals surface area (Å²) < 4.78 is 21.2. The number of hydrogen-bond donors (Lipinski definition) is 0. The van der Waals surface area contributed by atoms with Crippen LogP contribution in [0.4, 0.5) is 0 Å². The molecular weight excluding hydrogens is 292 g/mol. The van der Waals surface area contributed by atoms with Gasteiger partial charge in [-0.2, -0.15) is 0 Å². The molecule has 0 bridgehead atoms. The molecule has 2 unspecified atom stereocenters. The topological polar surface area (TPSA) is 40.2 Å². The Kier molecular flexibility index (Phi) is 14.1. The highest BCUT2D eigenvalue weighted by Gasteiger charge is 2.38. The Balaban J connectivity index is 0.00000104. The molecule has 0 radical (unpaired) electrons. The second-order valence-electron chi connectivity index (χ2n) is 6.40. The quantitative estimate of drug-likeness (QED) is 0.266. The molecular formula is C19H40O4. The molecule has 0 amide bonds. The van der Waals surface area contributed by atoms with Gasteiger partial charge in [0, 0.05) is 27.2 Å². The first kappa shape index (κ1) is 22.8. The molecule has 1 saturated heterocycles. The predicted molar refractivity (Wildman–Crippen MR) is 95.6 cm³/mol. The Morgan fingerprint density at radius 3 is 1.74 bits per heavy atom. The number of rotatable bonds is 13. The van der Waals surface area contributed by atoms with Crippen LogP contribution in [-0.2, 0) is 18.9 Å². The molecule has 2 atom stereocenters. The maximum atomic E-state index is 5.50. The van der Waals surface area contributed by atoms with Crippen molar-refractivity contribution in [3.8, 4) is 0 Å². The van der Waals surface area contributed by atoms with Gasteiger partial charge in [0.05, 0.1) is 12.7 Å². The summed E-state index contributed by atoms with van der Waals surface area (Å²) in [5.41, 5.74) is 0. The Bertz CT molecular complexity index is 241. The molecule has 0 saturated carbocycles. The van der Waals surface area contributed by atoms with Crippen LogP contribution in [0.3, 0.4) is 0 Å². The standard InChI is InChI=1S/C16H34O3.C3H6O/c1-6-8-9-10-11-12-14-15(13-7-2)16(17-3,18-4)19-5;1-3-2-4-3/h15H,6-14H2,1-5H3;3H,2H2,1H3. The largest absolute Gasteiger partial charge is 0.373 e. The highest BCUT2D eigenvalue weighted by Crippen LogP contribution is 2.32. The van der Waals surface area contributed by atoms with E-state index in [0.717, 1.165) is 25.9 Å². The maximum Gasteiger partial charge on any atom is 0.285 e. The fourth-order valence-electron chi connectivity index (χ4n) is 2.86. The first-order valence-electron chi connectivity index (χ1n) is 9.37. The van der Waals surface area contributed by atoms with Crippen molar-refractivity contribution in [2.75, 3.05) is 27.9 Å². The van der Waals surface area contributed by atoms with Gasteiger partial charge in [-0.05, 0) is 19.8 Å². The van der Waals surface area contributed by atoms with Gasteiger partial charge in [0.1, 0.15) is 0 Å². The molecule has 23 heavy (non-hydrogen) atoms. The lowest BCUT2D eigenvalue weighted by molar-refractivity contribution is -0.380. The molecule has 0 aromatic heterocycles. The fraction of sp³-hybridized carbons (Fsp3) is 1.00. The second-order valence-corrected chi connectivity index (χ2v) is 6.40. The van der Waals surface area contributed by atoms with E-state index in [0.29, 0.717) is 12.0 Å². The Morgan fingerprint density at radius 1 is 0.870 bits per heavy atom. The molecule has 140 valence electrons. The lowest BCUT2D eigenvalue weighted by Crippen LogP contribution is -2.44. The summed E-state index contributed by atoms with van der Waals surface area (Å²) in [6.07, 6.45) is 11.8. The molecule has 4 heteroatoms. The SMILES string of the molecule is CC1CO1.CCCCCCCCC(CCC)C(OC)(OC)OC. The van der Waals surface area contributed by atoms with E-state index >= 15 is 0 Å². The summed E-state index contributed by atoms with van der Waals surface area (Å²) in [6, 6.07) is 0. The molecule has 0 spiro atoms. The number of ether oxygens (including phenoxy) is 4. The maximum absolute atomic E-state index is 5.50. The number of hydrogen-bond acceptors (Lipinski definition) is 4. The zero-order chi connectivity index (χ0) is 17.6. The van der Waals surface area contributed by atoms with Gasteiger partial charge in [-0.1, -0.05) is 58.8 Å². The van der Waals surface area contributed by atoms with Crippen molar-refractivity contribution in [1.82, 2.24) is 0 Å². The highest BCUT2D eigenvalue weighted by molar-refractivity contribution is 4.71. The molecule has 0 aromatic carbocycles. The molecule has 1 aliphatic heterocycles. The molecule has 0 aromatic rings. The number of methoxy groups -OCH3 is 3. The van der Waals surface area contributed by atoms with Crippen LogP contribution < -0.4 is 0 Å². The normalized spacial score (nSPS) is 18.3. The van der Waals surface area contributed by atoms with E-state index in [2.05, 4.69) is 20.8 Å². The van der Waals surface area contributed by atoms with Crippen LogP contribution in [0.1, 0.15) is 78.6 Å². The van der Waals surface area contributed by atoms with Crippen LogP contribution >= 0.6 is 0 Å². The summed E-state index contributed by atoms with van der Waals surface area (Å²) in [4.78, 5) is 0. The van der Waals surface area contributed by atoms with Crippen molar-refractivity contribution in [3.05, 3.63) is 0 Å². The second kappa shape index (κ2) is 14.2. The zero-order valence-electron chi connectivity index (χ0n) is 16.4. The van der Waals surface area contributed by atoms with Gasteiger partial charge in [-0.25, -0.2) is 0 Å². The van der Waals surface area contributed by atoms with Crippen molar-refractivity contribution >= 4 is 0 Å². The summed E-state index contributed by atoms with van der Waals surface area (Å²) in [6.45, 7) is 7.49. The Labute approximate surface area is 144 Å².